The molecule has 1 spiro atoms. The van der Waals surface area contributed by atoms with Gasteiger partial charge in [-0.25, -0.2) is 0 Å². The van der Waals surface area contributed by atoms with Crippen molar-refractivity contribution >= 4 is 24.0 Å². The largest absolute Gasteiger partial charge is 0.417 e. The van der Waals surface area contributed by atoms with Crippen LogP contribution in [0.1, 0.15) is 24.0 Å². The Hall–Kier alpha value is -0.490. The number of rotatable bonds is 2. The zero-order valence-electron chi connectivity index (χ0n) is 12.0. The Morgan fingerprint density at radius 1 is 1.27 bits per heavy atom. The lowest BCUT2D eigenvalue weighted by atomic mass is 9.86. The number of nitrogens with one attached hydrogen (secondary N) is 1. The molecular formula is C15H19Cl2F3N2. The number of alkyl halides is 3. The number of nitrogens with zero attached hydrogens (tertiary/aromatic N) is 1. The van der Waals surface area contributed by atoms with Gasteiger partial charge in [-0.2, -0.15) is 13.2 Å². The van der Waals surface area contributed by atoms with Gasteiger partial charge in [0, 0.05) is 19.6 Å². The van der Waals surface area contributed by atoms with Crippen LogP contribution in [0.2, 0.25) is 5.02 Å². The molecule has 1 N–H and O–H groups in total. The molecule has 0 saturated carbocycles. The van der Waals surface area contributed by atoms with E-state index in [1.54, 1.807) is 6.07 Å². The fourth-order valence-electron chi connectivity index (χ4n) is 3.45. The molecule has 0 amide bonds. The smallest absolute Gasteiger partial charge is 0.316 e. The van der Waals surface area contributed by atoms with Gasteiger partial charge in [-0.15, -0.1) is 12.4 Å². The number of halogens is 5. The van der Waals surface area contributed by atoms with Gasteiger partial charge >= 0.3 is 6.18 Å². The van der Waals surface area contributed by atoms with Crippen molar-refractivity contribution in [3.05, 3.63) is 34.3 Å². The summed E-state index contributed by atoms with van der Waals surface area (Å²) in [6, 6.07) is 4.22. The molecule has 2 nitrogen and oxygen atoms in total. The highest BCUT2D eigenvalue weighted by Crippen LogP contribution is 2.38. The Bertz CT molecular complexity index is 528. The molecule has 1 atom stereocenters. The summed E-state index contributed by atoms with van der Waals surface area (Å²) >= 11 is 5.65. The van der Waals surface area contributed by atoms with Gasteiger partial charge < -0.3 is 5.32 Å². The molecule has 2 aliphatic heterocycles. The highest BCUT2D eigenvalue weighted by atomic mass is 35.5. The standard InChI is InChI=1S/C15H18ClF3N2.ClH/c16-13-2-1-11(7-12(13)15(17,18)19)8-21-6-4-14(10-21)3-5-20-9-14;/h1-2,7,20H,3-6,8-10H2;1H. The van der Waals surface area contributed by atoms with E-state index < -0.39 is 11.7 Å². The van der Waals surface area contributed by atoms with Crippen LogP contribution in [0.5, 0.6) is 0 Å². The van der Waals surface area contributed by atoms with E-state index in [1.165, 1.54) is 12.1 Å². The van der Waals surface area contributed by atoms with Crippen molar-refractivity contribution in [1.82, 2.24) is 10.2 Å². The molecule has 0 aliphatic carbocycles. The van der Waals surface area contributed by atoms with Crippen LogP contribution in [0.3, 0.4) is 0 Å². The van der Waals surface area contributed by atoms with Gasteiger partial charge in [0.15, 0.2) is 0 Å². The summed E-state index contributed by atoms with van der Waals surface area (Å²) in [5.74, 6) is 0. The molecule has 1 aromatic rings. The molecule has 7 heteroatoms. The first kappa shape index (κ1) is 17.9. The molecule has 3 rings (SSSR count). The summed E-state index contributed by atoms with van der Waals surface area (Å²) in [5, 5.41) is 3.15. The third kappa shape index (κ3) is 3.70. The lowest BCUT2D eigenvalue weighted by Gasteiger charge is -2.23. The van der Waals surface area contributed by atoms with Gasteiger partial charge in [-0.05, 0) is 49.0 Å². The van der Waals surface area contributed by atoms with E-state index in [-0.39, 0.29) is 17.4 Å². The maximum absolute atomic E-state index is 12.9. The maximum atomic E-state index is 12.9. The quantitative estimate of drug-likeness (QED) is 0.864. The van der Waals surface area contributed by atoms with E-state index in [0.717, 1.165) is 39.0 Å². The molecule has 1 aromatic carbocycles. The minimum Gasteiger partial charge on any atom is -0.316 e. The fourth-order valence-corrected chi connectivity index (χ4v) is 3.68. The van der Waals surface area contributed by atoms with Crippen LogP contribution < -0.4 is 5.32 Å². The third-order valence-corrected chi connectivity index (χ3v) is 4.92. The molecule has 0 aromatic heterocycles. The predicted molar refractivity (Wildman–Crippen MR) is 83.5 cm³/mol. The molecule has 22 heavy (non-hydrogen) atoms. The molecule has 2 heterocycles. The predicted octanol–water partition coefficient (Wildman–Crippen LogP) is 3.97. The zero-order valence-corrected chi connectivity index (χ0v) is 13.6. The average molecular weight is 355 g/mol. The van der Waals surface area contributed by atoms with Gasteiger partial charge in [-0.1, -0.05) is 17.7 Å². The normalized spacial score (nSPS) is 25.6. The second-order valence-corrected chi connectivity index (χ2v) is 6.61. The number of benzene rings is 1. The van der Waals surface area contributed by atoms with E-state index in [4.69, 9.17) is 11.6 Å². The Kier molecular flexibility index (Phi) is 5.32. The first-order chi connectivity index (χ1) is 9.88. The Labute approximate surface area is 139 Å². The molecule has 2 aliphatic rings. The van der Waals surface area contributed by atoms with Crippen LogP contribution in [-0.2, 0) is 12.7 Å². The number of hydrogen-bond donors (Lipinski definition) is 1. The highest BCUT2D eigenvalue weighted by molar-refractivity contribution is 6.31. The highest BCUT2D eigenvalue weighted by Gasteiger charge is 2.40. The van der Waals surface area contributed by atoms with Gasteiger partial charge in [0.05, 0.1) is 10.6 Å². The van der Waals surface area contributed by atoms with E-state index in [2.05, 4.69) is 10.2 Å². The Morgan fingerprint density at radius 2 is 2.05 bits per heavy atom. The van der Waals surface area contributed by atoms with Crippen LogP contribution in [-0.4, -0.2) is 31.1 Å². The monoisotopic (exact) mass is 354 g/mol. The fraction of sp³-hybridized carbons (Fsp3) is 0.600. The van der Waals surface area contributed by atoms with Crippen LogP contribution in [0.25, 0.3) is 0 Å². The van der Waals surface area contributed by atoms with Gasteiger partial charge in [0.25, 0.3) is 0 Å². The molecule has 1 unspecified atom stereocenters. The topological polar surface area (TPSA) is 15.3 Å². The van der Waals surface area contributed by atoms with Gasteiger partial charge in [0.2, 0.25) is 0 Å². The van der Waals surface area contributed by atoms with Crippen LogP contribution in [0.4, 0.5) is 13.2 Å². The zero-order chi connectivity index (χ0) is 15.1. The minimum absolute atomic E-state index is 0. The third-order valence-electron chi connectivity index (χ3n) is 4.59. The van der Waals surface area contributed by atoms with Crippen LogP contribution in [0.15, 0.2) is 18.2 Å². The summed E-state index contributed by atoms with van der Waals surface area (Å²) in [6.07, 6.45) is -2.10. The van der Waals surface area contributed by atoms with Crippen molar-refractivity contribution in [3.8, 4) is 0 Å². The van der Waals surface area contributed by atoms with Crippen molar-refractivity contribution < 1.29 is 13.2 Å². The molecule has 124 valence electrons. The van der Waals surface area contributed by atoms with Crippen molar-refractivity contribution in [2.75, 3.05) is 26.2 Å². The number of hydrogen-bond acceptors (Lipinski definition) is 2. The van der Waals surface area contributed by atoms with Gasteiger partial charge in [-0.3, -0.25) is 4.90 Å². The second-order valence-electron chi connectivity index (χ2n) is 6.20. The van der Waals surface area contributed by atoms with E-state index in [1.807, 2.05) is 0 Å². The summed E-state index contributed by atoms with van der Waals surface area (Å²) in [4.78, 5) is 2.25. The summed E-state index contributed by atoms with van der Waals surface area (Å²) < 4.78 is 38.6. The average Bonchev–Trinajstić information content (AvgIpc) is 3.02. The first-order valence-electron chi connectivity index (χ1n) is 7.17. The molecule has 0 bridgehead atoms. The second kappa shape index (κ2) is 6.56. The molecule has 2 saturated heterocycles. The molecular weight excluding hydrogens is 336 g/mol. The lowest BCUT2D eigenvalue weighted by Crippen LogP contribution is -2.29. The molecule has 0 radical (unpaired) electrons. The summed E-state index contributed by atoms with van der Waals surface area (Å²) in [7, 11) is 0. The van der Waals surface area contributed by atoms with E-state index >= 15 is 0 Å². The Morgan fingerprint density at radius 3 is 2.68 bits per heavy atom. The van der Waals surface area contributed by atoms with E-state index in [0.29, 0.717) is 17.5 Å². The maximum Gasteiger partial charge on any atom is 0.417 e. The molecule has 2 fully saturated rings. The Balaban J connectivity index is 0.00000176. The summed E-state index contributed by atoms with van der Waals surface area (Å²) in [6.45, 7) is 4.54. The minimum atomic E-state index is -4.39. The van der Waals surface area contributed by atoms with Crippen molar-refractivity contribution in [3.63, 3.8) is 0 Å². The van der Waals surface area contributed by atoms with Crippen molar-refractivity contribution in [2.24, 2.45) is 5.41 Å². The van der Waals surface area contributed by atoms with Crippen molar-refractivity contribution in [1.29, 1.82) is 0 Å². The first-order valence-corrected chi connectivity index (χ1v) is 7.55. The van der Waals surface area contributed by atoms with Gasteiger partial charge in [0.1, 0.15) is 0 Å². The van der Waals surface area contributed by atoms with Crippen LogP contribution >= 0.6 is 24.0 Å². The lowest BCUT2D eigenvalue weighted by molar-refractivity contribution is -0.137. The summed E-state index contributed by atoms with van der Waals surface area (Å²) in [5.41, 5.74) is 0.270. The van der Waals surface area contributed by atoms with Crippen LogP contribution in [0, 0.1) is 5.41 Å². The van der Waals surface area contributed by atoms with E-state index in [9.17, 15) is 13.2 Å². The SMILES string of the molecule is Cl.FC(F)(F)c1cc(CN2CCC3(CCNC3)C2)ccc1Cl. The van der Waals surface area contributed by atoms with Crippen molar-refractivity contribution in [2.45, 2.75) is 25.6 Å². The number of likely N-dealkylation sites (tertiary alicyclic amines) is 1.